The van der Waals surface area contributed by atoms with Crippen LogP contribution in [-0.2, 0) is 17.1 Å². The fraction of sp³-hybridized carbons (Fsp3) is 0.188. The molecule has 0 aliphatic carbocycles. The largest absolute Gasteiger partial charge is 1.00 e. The molecule has 0 fully saturated rings. The molecule has 0 aliphatic rings. The second-order valence-corrected chi connectivity index (χ2v) is 4.96. The quantitative estimate of drug-likeness (QED) is 0.571. The Labute approximate surface area is 165 Å². The van der Waals surface area contributed by atoms with Crippen molar-refractivity contribution in [2.45, 2.75) is 18.5 Å². The first kappa shape index (κ1) is 22.3. The van der Waals surface area contributed by atoms with E-state index < -0.39 is 35.6 Å². The maximum Gasteiger partial charge on any atom is 1.00 e. The van der Waals surface area contributed by atoms with Gasteiger partial charge in [-0.2, -0.15) is 26.3 Å². The molecule has 2 aromatic carbocycles. The molecule has 134 valence electrons. The van der Waals surface area contributed by atoms with Gasteiger partial charge in [-0.05, 0) is 42.0 Å². The average Bonchev–Trinajstić information content (AvgIpc) is 2.51. The van der Waals surface area contributed by atoms with Gasteiger partial charge in [0.2, 0.25) is 0 Å². The third-order valence-electron chi connectivity index (χ3n) is 3.17. The van der Waals surface area contributed by atoms with Crippen LogP contribution in [0, 0.1) is 0 Å². The summed E-state index contributed by atoms with van der Waals surface area (Å²) < 4.78 is 80.6. The maximum atomic E-state index is 12.7. The molecular weight excluding hydrogens is 377 g/mol. The van der Waals surface area contributed by atoms with Crippen molar-refractivity contribution in [1.82, 2.24) is 0 Å². The van der Waals surface area contributed by atoms with Crippen molar-refractivity contribution < 1.29 is 70.5 Å². The van der Waals surface area contributed by atoms with E-state index in [1.54, 1.807) is 0 Å². The predicted molar refractivity (Wildman–Crippen MR) is 71.3 cm³/mol. The first-order valence-corrected chi connectivity index (χ1v) is 6.70. The van der Waals surface area contributed by atoms with E-state index in [4.69, 9.17) is 4.74 Å². The minimum Gasteiger partial charge on any atom is -0.546 e. The Morgan fingerprint density at radius 1 is 0.885 bits per heavy atom. The Hall–Kier alpha value is -1.71. The number of carbonyl (C=O) groups is 1. The van der Waals surface area contributed by atoms with Gasteiger partial charge in [0, 0.05) is 0 Å². The maximum absolute atomic E-state index is 12.7. The van der Waals surface area contributed by atoms with E-state index in [-0.39, 0.29) is 40.9 Å². The number of rotatable bonds is 4. The Morgan fingerprint density at radius 3 is 1.88 bits per heavy atom. The summed E-state index contributed by atoms with van der Waals surface area (Å²) in [4.78, 5) is 11.2. The van der Waals surface area contributed by atoms with E-state index >= 15 is 0 Å². The number of halogens is 6. The van der Waals surface area contributed by atoms with Crippen LogP contribution < -0.4 is 39.4 Å². The van der Waals surface area contributed by atoms with Crippen molar-refractivity contribution in [3.63, 3.8) is 0 Å². The zero-order valence-corrected chi connectivity index (χ0v) is 15.2. The number of carboxylic acid groups (broad SMARTS) is 1. The molecule has 1 unspecified atom stereocenters. The number of aliphatic carboxylic acids is 1. The summed E-state index contributed by atoms with van der Waals surface area (Å²) in [7, 11) is 0. The molecule has 2 rings (SSSR count). The van der Waals surface area contributed by atoms with Crippen molar-refractivity contribution in [2.24, 2.45) is 0 Å². The molecule has 3 nitrogen and oxygen atoms in total. The molecule has 0 heterocycles. The standard InChI is InChI=1S/C16H10F6O3.Na/c17-15(18,19)10-4-6-12(7-5-10)25-13(14(23)24)9-2-1-3-11(8-9)16(20,21)22;/h1-8,13H,(H,23,24);/q;+1/p-1. The molecule has 0 saturated heterocycles. The van der Waals surface area contributed by atoms with Gasteiger partial charge in [-0.1, -0.05) is 12.1 Å². The van der Waals surface area contributed by atoms with E-state index in [2.05, 4.69) is 0 Å². The summed E-state index contributed by atoms with van der Waals surface area (Å²) >= 11 is 0. The number of carboxylic acids is 1. The molecule has 0 radical (unpaired) electrons. The van der Waals surface area contributed by atoms with Crippen LogP contribution in [-0.4, -0.2) is 5.97 Å². The van der Waals surface area contributed by atoms with Crippen molar-refractivity contribution in [1.29, 1.82) is 0 Å². The van der Waals surface area contributed by atoms with Crippen LogP contribution in [0.4, 0.5) is 26.3 Å². The molecule has 26 heavy (non-hydrogen) atoms. The van der Waals surface area contributed by atoms with E-state index in [0.29, 0.717) is 18.2 Å². The molecule has 10 heteroatoms. The van der Waals surface area contributed by atoms with Gasteiger partial charge in [0.25, 0.3) is 0 Å². The normalized spacial score (nSPS) is 12.8. The van der Waals surface area contributed by atoms with E-state index in [1.807, 2.05) is 0 Å². The van der Waals surface area contributed by atoms with E-state index in [1.165, 1.54) is 0 Å². The molecule has 1 atom stereocenters. The smallest absolute Gasteiger partial charge is 0.546 e. The molecule has 0 spiro atoms. The summed E-state index contributed by atoms with van der Waals surface area (Å²) in [5.41, 5.74) is -2.43. The molecule has 0 N–H and O–H groups in total. The second kappa shape index (κ2) is 8.32. The molecule has 2 aromatic rings. The summed E-state index contributed by atoms with van der Waals surface area (Å²) in [5.74, 6) is -2.10. The third-order valence-corrected chi connectivity index (χ3v) is 3.17. The van der Waals surface area contributed by atoms with Gasteiger partial charge in [-0.3, -0.25) is 0 Å². The number of hydrogen-bond donors (Lipinski definition) is 0. The Kier molecular flexibility index (Phi) is 7.15. The number of hydrogen-bond acceptors (Lipinski definition) is 3. The molecule has 0 bridgehead atoms. The van der Waals surface area contributed by atoms with Gasteiger partial charge in [0.1, 0.15) is 5.75 Å². The van der Waals surface area contributed by atoms with Crippen molar-refractivity contribution in [3.8, 4) is 5.75 Å². The van der Waals surface area contributed by atoms with Gasteiger partial charge in [-0.15, -0.1) is 0 Å². The Balaban J connectivity index is 0.00000338. The number of carbonyl (C=O) groups excluding carboxylic acids is 1. The second-order valence-electron chi connectivity index (χ2n) is 4.96. The SMILES string of the molecule is O=C([O-])C(Oc1ccc(C(F)(F)F)cc1)c1cccc(C(F)(F)F)c1.[Na+]. The van der Waals surface area contributed by atoms with Crippen molar-refractivity contribution in [2.75, 3.05) is 0 Å². The molecule has 0 saturated carbocycles. The predicted octanol–water partition coefficient (Wildman–Crippen LogP) is 0.598. The fourth-order valence-corrected chi connectivity index (χ4v) is 1.99. The molecule has 0 aromatic heterocycles. The zero-order chi connectivity index (χ0) is 18.8. The average molecular weight is 386 g/mol. The van der Waals surface area contributed by atoms with Gasteiger partial charge >= 0.3 is 41.9 Å². The van der Waals surface area contributed by atoms with Gasteiger partial charge in [0.15, 0.2) is 6.10 Å². The number of alkyl halides is 6. The van der Waals surface area contributed by atoms with Crippen LogP contribution in [0.1, 0.15) is 22.8 Å². The van der Waals surface area contributed by atoms with Crippen LogP contribution in [0.3, 0.4) is 0 Å². The summed E-state index contributed by atoms with van der Waals surface area (Å²) in [6, 6.07) is 6.45. The Bertz CT molecular complexity index is 756. The number of ether oxygens (including phenoxy) is 1. The molecule has 0 amide bonds. The van der Waals surface area contributed by atoms with Crippen LogP contribution in [0.25, 0.3) is 0 Å². The topological polar surface area (TPSA) is 49.4 Å². The van der Waals surface area contributed by atoms with Crippen LogP contribution in [0.5, 0.6) is 5.75 Å². The van der Waals surface area contributed by atoms with Gasteiger partial charge in [-0.25, -0.2) is 0 Å². The summed E-state index contributed by atoms with van der Waals surface area (Å²) in [5, 5.41) is 11.2. The van der Waals surface area contributed by atoms with Crippen LogP contribution in [0.15, 0.2) is 48.5 Å². The van der Waals surface area contributed by atoms with Crippen molar-refractivity contribution in [3.05, 3.63) is 65.2 Å². The zero-order valence-electron chi connectivity index (χ0n) is 13.2. The van der Waals surface area contributed by atoms with Crippen LogP contribution >= 0.6 is 0 Å². The fourth-order valence-electron chi connectivity index (χ4n) is 1.99. The molecule has 0 aliphatic heterocycles. The van der Waals surface area contributed by atoms with E-state index in [9.17, 15) is 36.2 Å². The minimum atomic E-state index is -4.69. The van der Waals surface area contributed by atoms with Gasteiger partial charge < -0.3 is 14.6 Å². The van der Waals surface area contributed by atoms with Crippen molar-refractivity contribution >= 4 is 5.97 Å². The first-order valence-electron chi connectivity index (χ1n) is 6.70. The first-order chi connectivity index (χ1) is 11.5. The third kappa shape index (κ3) is 5.65. The van der Waals surface area contributed by atoms with Crippen LogP contribution in [0.2, 0.25) is 0 Å². The summed E-state index contributed by atoms with van der Waals surface area (Å²) in [6.07, 6.45) is -11.2. The van der Waals surface area contributed by atoms with E-state index in [0.717, 1.165) is 30.3 Å². The number of benzene rings is 2. The summed E-state index contributed by atoms with van der Waals surface area (Å²) in [6.45, 7) is 0. The van der Waals surface area contributed by atoms with Gasteiger partial charge in [0.05, 0.1) is 17.1 Å². The monoisotopic (exact) mass is 386 g/mol. The Morgan fingerprint density at radius 2 is 1.42 bits per heavy atom. The minimum absolute atomic E-state index is 0. The molecular formula is C16H9F6NaO3.